The Morgan fingerprint density at radius 1 is 1.07 bits per heavy atom. The zero-order chi connectivity index (χ0) is 19.4. The molecule has 0 aliphatic heterocycles. The summed E-state index contributed by atoms with van der Waals surface area (Å²) in [6.45, 7) is 3.72. The van der Waals surface area contributed by atoms with Gasteiger partial charge in [-0.2, -0.15) is 4.98 Å². The van der Waals surface area contributed by atoms with Crippen molar-refractivity contribution in [1.82, 2.24) is 9.97 Å². The number of nitrogens with zero attached hydrogens (tertiary/aromatic N) is 2. The van der Waals surface area contributed by atoms with Crippen LogP contribution in [0, 0.1) is 0 Å². The summed E-state index contributed by atoms with van der Waals surface area (Å²) in [4.78, 5) is 7.76. The van der Waals surface area contributed by atoms with Gasteiger partial charge in [-0.3, -0.25) is 0 Å². The predicted molar refractivity (Wildman–Crippen MR) is 108 cm³/mol. The van der Waals surface area contributed by atoms with Crippen LogP contribution in [0.5, 0.6) is 17.4 Å². The molecular formula is C19H17Cl2N2O3P. The molecule has 2 aromatic carbocycles. The molecule has 1 aromatic heterocycles. The van der Waals surface area contributed by atoms with Crippen molar-refractivity contribution in [2.75, 3.05) is 13.3 Å². The first-order chi connectivity index (χ1) is 12.8. The summed E-state index contributed by atoms with van der Waals surface area (Å²) in [6, 6.07) is 14.9. The first kappa shape index (κ1) is 19.7. The summed E-state index contributed by atoms with van der Waals surface area (Å²) in [7, 11) is -2.67. The Morgan fingerprint density at radius 3 is 2.52 bits per heavy atom. The summed E-state index contributed by atoms with van der Waals surface area (Å²) >= 11 is 11.9. The summed E-state index contributed by atoms with van der Waals surface area (Å²) in [6.07, 6.45) is 1.35. The molecular weight excluding hydrogens is 406 g/mol. The van der Waals surface area contributed by atoms with Crippen molar-refractivity contribution < 1.29 is 14.0 Å². The third kappa shape index (κ3) is 5.23. The van der Waals surface area contributed by atoms with E-state index in [2.05, 4.69) is 9.97 Å². The van der Waals surface area contributed by atoms with Crippen molar-refractivity contribution in [1.29, 1.82) is 0 Å². The fourth-order valence-electron chi connectivity index (χ4n) is 2.34. The highest BCUT2D eigenvalue weighted by Crippen LogP contribution is 2.41. The van der Waals surface area contributed by atoms with Gasteiger partial charge in [0, 0.05) is 0 Å². The third-order valence-electron chi connectivity index (χ3n) is 3.65. The van der Waals surface area contributed by atoms with Gasteiger partial charge in [-0.1, -0.05) is 41.9 Å². The normalized spacial score (nSPS) is 11.3. The van der Waals surface area contributed by atoms with Crippen molar-refractivity contribution >= 4 is 35.6 Å². The van der Waals surface area contributed by atoms with Crippen LogP contribution in [0.2, 0.25) is 10.3 Å². The third-order valence-corrected chi connectivity index (χ3v) is 5.60. The van der Waals surface area contributed by atoms with Crippen molar-refractivity contribution in [3.05, 3.63) is 70.6 Å². The molecule has 140 valence electrons. The van der Waals surface area contributed by atoms with E-state index in [0.29, 0.717) is 23.4 Å². The minimum Gasteiger partial charge on any atom is -0.489 e. The average Bonchev–Trinajstić information content (AvgIpc) is 2.64. The van der Waals surface area contributed by atoms with E-state index in [9.17, 15) is 4.57 Å². The summed E-state index contributed by atoms with van der Waals surface area (Å²) in [5.74, 6) is 1.08. The van der Waals surface area contributed by atoms with E-state index in [0.717, 1.165) is 5.56 Å². The van der Waals surface area contributed by atoms with Crippen LogP contribution in [0.4, 0.5) is 0 Å². The standard InChI is InChI=1S/C19H17Cl2N2O3P/c1-27(2,24)17-10-14(25-12-13-6-4-3-5-7-13)8-9-16(17)26-18-15(20)11-22-19(21)23-18/h3-11H,12H2,1-2H3. The molecule has 0 atom stereocenters. The molecule has 3 aromatic rings. The van der Waals surface area contributed by atoms with Gasteiger partial charge in [-0.05, 0) is 48.7 Å². The van der Waals surface area contributed by atoms with Crippen LogP contribution in [0.3, 0.4) is 0 Å². The van der Waals surface area contributed by atoms with Gasteiger partial charge < -0.3 is 14.0 Å². The van der Waals surface area contributed by atoms with Gasteiger partial charge in [-0.15, -0.1) is 0 Å². The molecule has 3 rings (SSSR count). The SMILES string of the molecule is CP(C)(=O)c1cc(OCc2ccccc2)ccc1Oc1nc(Cl)ncc1Cl. The topological polar surface area (TPSA) is 61.3 Å². The minimum absolute atomic E-state index is 0.00921. The van der Waals surface area contributed by atoms with Crippen LogP contribution in [-0.4, -0.2) is 23.3 Å². The van der Waals surface area contributed by atoms with Crippen molar-refractivity contribution in [2.24, 2.45) is 0 Å². The van der Waals surface area contributed by atoms with E-state index in [1.54, 1.807) is 31.5 Å². The Bertz CT molecular complexity index is 993. The Morgan fingerprint density at radius 2 is 1.81 bits per heavy atom. The van der Waals surface area contributed by atoms with E-state index in [1.807, 2.05) is 30.3 Å². The number of halogens is 2. The minimum atomic E-state index is -2.67. The number of ether oxygens (including phenoxy) is 2. The molecule has 0 N–H and O–H groups in total. The van der Waals surface area contributed by atoms with Crippen LogP contribution in [0.25, 0.3) is 0 Å². The second kappa shape index (κ2) is 8.30. The van der Waals surface area contributed by atoms with E-state index in [1.165, 1.54) is 6.20 Å². The lowest BCUT2D eigenvalue weighted by molar-refractivity contribution is 0.306. The first-order valence-corrected chi connectivity index (χ1v) is 11.4. The zero-order valence-electron chi connectivity index (χ0n) is 14.7. The monoisotopic (exact) mass is 422 g/mol. The van der Waals surface area contributed by atoms with E-state index >= 15 is 0 Å². The highest BCUT2D eigenvalue weighted by atomic mass is 35.5. The lowest BCUT2D eigenvalue weighted by Crippen LogP contribution is -2.09. The summed E-state index contributed by atoms with van der Waals surface area (Å²) in [5, 5.41) is 0.741. The van der Waals surface area contributed by atoms with E-state index in [-0.39, 0.29) is 16.2 Å². The Kier molecular flexibility index (Phi) is 6.05. The molecule has 0 unspecified atom stereocenters. The van der Waals surface area contributed by atoms with Crippen molar-refractivity contribution in [3.8, 4) is 17.4 Å². The quantitative estimate of drug-likeness (QED) is 0.392. The largest absolute Gasteiger partial charge is 0.489 e. The van der Waals surface area contributed by atoms with Gasteiger partial charge in [0.1, 0.15) is 30.3 Å². The van der Waals surface area contributed by atoms with Gasteiger partial charge in [0.05, 0.1) is 11.5 Å². The smallest absolute Gasteiger partial charge is 0.242 e. The van der Waals surface area contributed by atoms with Gasteiger partial charge in [0.2, 0.25) is 11.2 Å². The Labute approximate surface area is 167 Å². The van der Waals surface area contributed by atoms with Crippen LogP contribution in [0.15, 0.2) is 54.7 Å². The lowest BCUT2D eigenvalue weighted by Gasteiger charge is -2.16. The molecule has 0 radical (unpaired) electrons. The second-order valence-electron chi connectivity index (χ2n) is 6.15. The molecule has 0 fully saturated rings. The number of hydrogen-bond donors (Lipinski definition) is 0. The highest BCUT2D eigenvalue weighted by molar-refractivity contribution is 7.70. The predicted octanol–water partition coefficient (Wildman–Crippen LogP) is 5.40. The van der Waals surface area contributed by atoms with Gasteiger partial charge in [0.25, 0.3) is 0 Å². The lowest BCUT2D eigenvalue weighted by atomic mass is 10.2. The van der Waals surface area contributed by atoms with Crippen LogP contribution in [0.1, 0.15) is 5.56 Å². The molecule has 27 heavy (non-hydrogen) atoms. The molecule has 0 spiro atoms. The first-order valence-electron chi connectivity index (χ1n) is 8.05. The maximum Gasteiger partial charge on any atom is 0.242 e. The second-order valence-corrected chi connectivity index (χ2v) is 10.1. The molecule has 0 aliphatic carbocycles. The number of hydrogen-bond acceptors (Lipinski definition) is 5. The summed E-state index contributed by atoms with van der Waals surface area (Å²) < 4.78 is 24.4. The Hall–Kier alpha value is -2.07. The van der Waals surface area contributed by atoms with E-state index in [4.69, 9.17) is 32.7 Å². The number of benzene rings is 2. The van der Waals surface area contributed by atoms with Gasteiger partial charge >= 0.3 is 0 Å². The highest BCUT2D eigenvalue weighted by Gasteiger charge is 2.20. The molecule has 0 saturated carbocycles. The molecule has 0 aliphatic rings. The molecule has 0 saturated heterocycles. The fraction of sp³-hybridized carbons (Fsp3) is 0.158. The molecule has 8 heteroatoms. The maximum atomic E-state index is 12.8. The number of aromatic nitrogens is 2. The number of rotatable bonds is 6. The van der Waals surface area contributed by atoms with Crippen molar-refractivity contribution in [2.45, 2.75) is 6.61 Å². The van der Waals surface area contributed by atoms with Crippen LogP contribution < -0.4 is 14.8 Å². The Balaban J connectivity index is 1.88. The molecule has 0 amide bonds. The van der Waals surface area contributed by atoms with Gasteiger partial charge in [-0.25, -0.2) is 4.98 Å². The molecule has 5 nitrogen and oxygen atoms in total. The van der Waals surface area contributed by atoms with Crippen LogP contribution in [-0.2, 0) is 11.2 Å². The fourth-order valence-corrected chi connectivity index (χ4v) is 3.69. The average molecular weight is 423 g/mol. The zero-order valence-corrected chi connectivity index (χ0v) is 17.1. The van der Waals surface area contributed by atoms with Crippen molar-refractivity contribution in [3.63, 3.8) is 0 Å². The van der Waals surface area contributed by atoms with Crippen LogP contribution >= 0.6 is 30.3 Å². The molecule has 0 bridgehead atoms. The van der Waals surface area contributed by atoms with Gasteiger partial charge in [0.15, 0.2) is 0 Å². The molecule has 1 heterocycles. The summed E-state index contributed by atoms with van der Waals surface area (Å²) in [5.41, 5.74) is 1.04. The van der Waals surface area contributed by atoms with E-state index < -0.39 is 7.14 Å². The maximum absolute atomic E-state index is 12.8.